The number of aliphatic hydroxyl groups excluding tert-OH is 1. The number of hydrogen-bond acceptors (Lipinski definition) is 5. The van der Waals surface area contributed by atoms with Gasteiger partial charge in [-0.05, 0) is 74.4 Å². The predicted molar refractivity (Wildman–Crippen MR) is 138 cm³/mol. The van der Waals surface area contributed by atoms with Gasteiger partial charge in [-0.15, -0.1) is 0 Å². The number of carbonyl (C=O) groups is 2. The largest absolute Gasteiger partial charge is 0.507 e. The zero-order valence-corrected chi connectivity index (χ0v) is 21.7. The number of benzene rings is 2. The van der Waals surface area contributed by atoms with Gasteiger partial charge in [-0.3, -0.25) is 9.59 Å². The van der Waals surface area contributed by atoms with Gasteiger partial charge in [-0.2, -0.15) is 0 Å². The lowest BCUT2D eigenvalue weighted by molar-refractivity contribution is -0.140. The van der Waals surface area contributed by atoms with Crippen LogP contribution in [0.3, 0.4) is 0 Å². The van der Waals surface area contributed by atoms with Gasteiger partial charge < -0.3 is 19.6 Å². The molecule has 2 atom stereocenters. The van der Waals surface area contributed by atoms with Gasteiger partial charge in [0.05, 0.1) is 21.7 Å². The van der Waals surface area contributed by atoms with Crippen molar-refractivity contribution in [2.24, 2.45) is 0 Å². The van der Waals surface area contributed by atoms with E-state index in [-0.39, 0.29) is 17.4 Å². The predicted octanol–water partition coefficient (Wildman–Crippen LogP) is 5.47. The number of ether oxygens (including phenoxy) is 1. The summed E-state index contributed by atoms with van der Waals surface area (Å²) in [6.45, 7) is 9.15. The molecule has 2 heterocycles. The third kappa shape index (κ3) is 5.06. The molecule has 2 aromatic rings. The first-order chi connectivity index (χ1) is 16.7. The molecule has 6 nitrogen and oxygen atoms in total. The van der Waals surface area contributed by atoms with Crippen LogP contribution in [0.5, 0.6) is 5.75 Å². The van der Waals surface area contributed by atoms with Crippen molar-refractivity contribution in [3.63, 3.8) is 0 Å². The molecule has 0 unspecified atom stereocenters. The smallest absolute Gasteiger partial charge is 0.295 e. The van der Waals surface area contributed by atoms with Crippen molar-refractivity contribution in [1.29, 1.82) is 0 Å². The molecule has 8 heteroatoms. The third-order valence-electron chi connectivity index (χ3n) is 6.74. The molecular weight excluding hydrogens is 487 g/mol. The second-order valence-corrected chi connectivity index (χ2v) is 9.82. The van der Waals surface area contributed by atoms with E-state index in [9.17, 15) is 14.7 Å². The van der Waals surface area contributed by atoms with Crippen LogP contribution in [0.1, 0.15) is 49.9 Å². The van der Waals surface area contributed by atoms with E-state index in [0.717, 1.165) is 30.9 Å². The topological polar surface area (TPSA) is 70.1 Å². The summed E-state index contributed by atoms with van der Waals surface area (Å²) in [4.78, 5) is 30.2. The number of halogens is 2. The molecule has 1 saturated heterocycles. The average Bonchev–Trinajstić information content (AvgIpc) is 3.34. The fourth-order valence-corrected chi connectivity index (χ4v) is 5.18. The summed E-state index contributed by atoms with van der Waals surface area (Å²) in [5, 5.41) is 12.0. The first kappa shape index (κ1) is 25.5. The van der Waals surface area contributed by atoms with Crippen molar-refractivity contribution < 1.29 is 19.4 Å². The molecule has 0 bridgehead atoms. The SMILES string of the molecule is CCN(CC)CCCN1C(=O)C(=O)C(=C(O)c2ccc3c(c2)C[C@H](C)O3)[C@H]1c1ccc(Cl)c(Cl)c1. The zero-order chi connectivity index (χ0) is 25.3. The minimum atomic E-state index is -0.759. The molecular formula is C27H30Cl2N2O4. The summed E-state index contributed by atoms with van der Waals surface area (Å²) in [6.07, 6.45) is 1.46. The standard InChI is InChI=1S/C27H30Cl2N2O4/c1-4-30(5-2)11-6-12-31-24(17-7-9-20(28)21(29)15-17)23(26(33)27(31)34)25(32)18-8-10-22-19(14-18)13-16(3)35-22/h7-10,14-16,24,32H,4-6,11-13H2,1-3H3/t16-,24+/m0/s1. The van der Waals surface area contributed by atoms with Crippen LogP contribution < -0.4 is 4.74 Å². The summed E-state index contributed by atoms with van der Waals surface area (Å²) < 4.78 is 5.76. The Morgan fingerprint density at radius 3 is 2.54 bits per heavy atom. The number of Topliss-reactive ketones (excluding diaryl/α,β-unsaturated/α-hetero) is 1. The molecule has 0 spiro atoms. The van der Waals surface area contributed by atoms with E-state index in [1.807, 2.05) is 13.0 Å². The Bertz CT molecular complexity index is 1180. The van der Waals surface area contributed by atoms with Crippen LogP contribution in [-0.4, -0.2) is 58.9 Å². The number of amides is 1. The summed E-state index contributed by atoms with van der Waals surface area (Å²) >= 11 is 12.4. The minimum absolute atomic E-state index is 0.0509. The maximum absolute atomic E-state index is 13.3. The molecule has 0 aromatic heterocycles. The fourth-order valence-electron chi connectivity index (χ4n) is 4.87. The van der Waals surface area contributed by atoms with Gasteiger partial charge in [0, 0.05) is 18.5 Å². The monoisotopic (exact) mass is 516 g/mol. The van der Waals surface area contributed by atoms with Crippen molar-refractivity contribution in [2.45, 2.75) is 45.8 Å². The number of rotatable bonds is 8. The van der Waals surface area contributed by atoms with Gasteiger partial charge in [-0.1, -0.05) is 43.1 Å². The summed E-state index contributed by atoms with van der Waals surface area (Å²) in [5.74, 6) is -0.758. The van der Waals surface area contributed by atoms with Gasteiger partial charge in [-0.25, -0.2) is 0 Å². The highest BCUT2D eigenvalue weighted by Gasteiger charge is 2.46. The summed E-state index contributed by atoms with van der Waals surface area (Å²) in [6, 6.07) is 9.62. The highest BCUT2D eigenvalue weighted by molar-refractivity contribution is 6.46. The van der Waals surface area contributed by atoms with Crippen molar-refractivity contribution in [3.8, 4) is 5.75 Å². The first-order valence-corrected chi connectivity index (χ1v) is 12.8. The quantitative estimate of drug-likeness (QED) is 0.286. The Labute approximate surface area is 216 Å². The Hall–Kier alpha value is -2.54. The average molecular weight is 517 g/mol. The van der Waals surface area contributed by atoms with Gasteiger partial charge in [0.15, 0.2) is 0 Å². The second-order valence-electron chi connectivity index (χ2n) is 9.00. The zero-order valence-electron chi connectivity index (χ0n) is 20.2. The van der Waals surface area contributed by atoms with Crippen LogP contribution >= 0.6 is 23.2 Å². The van der Waals surface area contributed by atoms with Crippen LogP contribution in [0, 0.1) is 0 Å². The Balaban J connectivity index is 1.75. The number of likely N-dealkylation sites (tertiary alicyclic amines) is 1. The van der Waals surface area contributed by atoms with Crippen molar-refractivity contribution in [2.75, 3.05) is 26.2 Å². The van der Waals surface area contributed by atoms with E-state index in [1.165, 1.54) is 4.90 Å². The molecule has 0 saturated carbocycles. The molecule has 1 amide bonds. The lowest BCUT2D eigenvalue weighted by Crippen LogP contribution is -2.33. The number of fused-ring (bicyclic) bond motifs is 1. The molecule has 2 aliphatic rings. The van der Waals surface area contributed by atoms with Crippen LogP contribution in [0.4, 0.5) is 0 Å². The van der Waals surface area contributed by atoms with E-state index in [4.69, 9.17) is 27.9 Å². The van der Waals surface area contributed by atoms with E-state index in [1.54, 1.807) is 30.3 Å². The molecule has 1 N–H and O–H groups in total. The Kier molecular flexibility index (Phi) is 7.74. The van der Waals surface area contributed by atoms with Crippen LogP contribution in [0.25, 0.3) is 5.76 Å². The molecule has 0 radical (unpaired) electrons. The maximum Gasteiger partial charge on any atom is 0.295 e. The number of hydrogen-bond donors (Lipinski definition) is 1. The van der Waals surface area contributed by atoms with Crippen LogP contribution in [0.15, 0.2) is 42.0 Å². The van der Waals surface area contributed by atoms with Crippen LogP contribution in [0.2, 0.25) is 10.0 Å². The molecule has 4 rings (SSSR count). The minimum Gasteiger partial charge on any atom is -0.507 e. The number of ketones is 1. The van der Waals surface area contributed by atoms with Crippen molar-refractivity contribution >= 4 is 40.7 Å². The lowest BCUT2D eigenvalue weighted by Gasteiger charge is -2.27. The van der Waals surface area contributed by atoms with Gasteiger partial charge in [0.1, 0.15) is 17.6 Å². The van der Waals surface area contributed by atoms with E-state index >= 15 is 0 Å². The van der Waals surface area contributed by atoms with E-state index in [0.29, 0.717) is 40.6 Å². The number of carbonyl (C=O) groups excluding carboxylic acids is 2. The molecule has 186 valence electrons. The fraction of sp³-hybridized carbons (Fsp3) is 0.407. The Morgan fingerprint density at radius 1 is 1.11 bits per heavy atom. The van der Waals surface area contributed by atoms with Crippen molar-refractivity contribution in [3.05, 3.63) is 68.7 Å². The number of aliphatic hydroxyl groups is 1. The molecule has 2 aliphatic heterocycles. The van der Waals surface area contributed by atoms with E-state index < -0.39 is 17.7 Å². The van der Waals surface area contributed by atoms with Gasteiger partial charge in [0.2, 0.25) is 0 Å². The molecule has 35 heavy (non-hydrogen) atoms. The number of nitrogens with zero attached hydrogens (tertiary/aromatic N) is 2. The highest BCUT2D eigenvalue weighted by Crippen LogP contribution is 2.42. The first-order valence-electron chi connectivity index (χ1n) is 12.0. The second kappa shape index (κ2) is 10.6. The molecule has 0 aliphatic carbocycles. The van der Waals surface area contributed by atoms with Crippen molar-refractivity contribution in [1.82, 2.24) is 9.80 Å². The third-order valence-corrected chi connectivity index (χ3v) is 7.48. The lowest BCUT2D eigenvalue weighted by atomic mass is 9.94. The normalized spacial score (nSPS) is 21.0. The van der Waals surface area contributed by atoms with Gasteiger partial charge in [0.25, 0.3) is 11.7 Å². The highest BCUT2D eigenvalue weighted by atomic mass is 35.5. The summed E-state index contributed by atoms with van der Waals surface area (Å²) in [7, 11) is 0. The maximum atomic E-state index is 13.3. The van der Waals surface area contributed by atoms with Crippen LogP contribution in [-0.2, 0) is 16.0 Å². The molecule has 1 fully saturated rings. The van der Waals surface area contributed by atoms with Gasteiger partial charge >= 0.3 is 0 Å². The molecule has 2 aromatic carbocycles. The van der Waals surface area contributed by atoms with E-state index in [2.05, 4.69) is 18.7 Å². The Morgan fingerprint density at radius 2 is 1.86 bits per heavy atom. The summed E-state index contributed by atoms with van der Waals surface area (Å²) in [5.41, 5.74) is 2.12.